The zero-order valence-electron chi connectivity index (χ0n) is 14.5. The second kappa shape index (κ2) is 6.81. The predicted octanol–water partition coefficient (Wildman–Crippen LogP) is 5.63. The van der Waals surface area contributed by atoms with E-state index in [1.165, 1.54) is 16.0 Å². The Morgan fingerprint density at radius 3 is 2.46 bits per heavy atom. The van der Waals surface area contributed by atoms with Crippen LogP contribution in [-0.4, -0.2) is 10.2 Å². The van der Waals surface area contributed by atoms with Crippen LogP contribution < -0.4 is 0 Å². The Morgan fingerprint density at radius 2 is 1.75 bits per heavy atom. The molecule has 0 N–H and O–H groups in total. The lowest BCUT2D eigenvalue weighted by molar-refractivity contribution is 0.528. The Kier molecular flexibility index (Phi) is 4.76. The summed E-state index contributed by atoms with van der Waals surface area (Å²) in [4.78, 5) is 1.27. The molecule has 0 radical (unpaired) electrons. The van der Waals surface area contributed by atoms with E-state index in [0.717, 1.165) is 5.56 Å². The summed E-state index contributed by atoms with van der Waals surface area (Å²) in [5, 5.41) is 8.32. The molecule has 1 aromatic heterocycles. The van der Waals surface area contributed by atoms with Gasteiger partial charge in [-0.15, -0.1) is 22.0 Å². The molecule has 0 saturated heterocycles. The first-order valence-electron chi connectivity index (χ1n) is 8.05. The minimum absolute atomic E-state index is 0.147. The van der Waals surface area contributed by atoms with Crippen LogP contribution in [-0.2, 0) is 11.2 Å². The fraction of sp³-hybridized carbons (Fsp3) is 0.300. The van der Waals surface area contributed by atoms with E-state index in [9.17, 15) is 0 Å². The van der Waals surface area contributed by atoms with Crippen molar-refractivity contribution in [3.63, 3.8) is 0 Å². The molecule has 4 heteroatoms. The van der Waals surface area contributed by atoms with Gasteiger partial charge < -0.3 is 4.42 Å². The van der Waals surface area contributed by atoms with Crippen molar-refractivity contribution < 1.29 is 4.42 Å². The third-order valence-corrected chi connectivity index (χ3v) is 5.04. The fourth-order valence-electron chi connectivity index (χ4n) is 2.37. The van der Waals surface area contributed by atoms with Crippen LogP contribution in [0.25, 0.3) is 11.5 Å². The molecule has 0 aliphatic carbocycles. The van der Waals surface area contributed by atoms with Crippen LogP contribution in [0.4, 0.5) is 0 Å². The van der Waals surface area contributed by atoms with Crippen LogP contribution in [0.2, 0.25) is 0 Å². The number of hydrogen-bond donors (Lipinski definition) is 0. The van der Waals surface area contributed by atoms with E-state index in [2.05, 4.69) is 56.1 Å². The topological polar surface area (TPSA) is 38.9 Å². The Balaban J connectivity index is 1.74. The number of rotatable bonds is 4. The van der Waals surface area contributed by atoms with E-state index < -0.39 is 0 Å². The highest BCUT2D eigenvalue weighted by Crippen LogP contribution is 2.31. The lowest BCUT2D eigenvalue weighted by Crippen LogP contribution is -2.11. The SMILES string of the molecule is Cc1ccc(C(C)(C)C)cc1SCc1nnc(-c2ccccc2)o1. The number of thioether (sulfide) groups is 1. The Labute approximate surface area is 147 Å². The van der Waals surface area contributed by atoms with E-state index in [0.29, 0.717) is 17.5 Å². The summed E-state index contributed by atoms with van der Waals surface area (Å²) in [6, 6.07) is 16.5. The first kappa shape index (κ1) is 16.8. The number of benzene rings is 2. The van der Waals surface area contributed by atoms with E-state index in [4.69, 9.17) is 4.42 Å². The molecule has 124 valence electrons. The van der Waals surface area contributed by atoms with Crippen LogP contribution in [0, 0.1) is 6.92 Å². The summed E-state index contributed by atoms with van der Waals surface area (Å²) < 4.78 is 5.79. The molecule has 0 atom stereocenters. The van der Waals surface area contributed by atoms with E-state index in [1.54, 1.807) is 11.8 Å². The van der Waals surface area contributed by atoms with Gasteiger partial charge in [-0.3, -0.25) is 0 Å². The molecule has 3 aromatic rings. The zero-order chi connectivity index (χ0) is 17.2. The van der Waals surface area contributed by atoms with Crippen molar-refractivity contribution in [1.82, 2.24) is 10.2 Å². The molecule has 0 unspecified atom stereocenters. The number of hydrogen-bond acceptors (Lipinski definition) is 4. The number of nitrogens with zero attached hydrogens (tertiary/aromatic N) is 2. The second-order valence-corrected chi connectivity index (χ2v) is 7.90. The minimum atomic E-state index is 0.147. The van der Waals surface area contributed by atoms with Gasteiger partial charge in [-0.2, -0.15) is 0 Å². The average molecular weight is 338 g/mol. The van der Waals surface area contributed by atoms with Gasteiger partial charge in [-0.25, -0.2) is 0 Å². The normalized spacial score (nSPS) is 11.7. The monoisotopic (exact) mass is 338 g/mol. The van der Waals surface area contributed by atoms with Crippen LogP contribution in [0.15, 0.2) is 57.8 Å². The largest absolute Gasteiger partial charge is 0.420 e. The summed E-state index contributed by atoms with van der Waals surface area (Å²) in [5.41, 5.74) is 3.71. The molecule has 3 rings (SSSR count). The van der Waals surface area contributed by atoms with Crippen LogP contribution in [0.5, 0.6) is 0 Å². The zero-order valence-corrected chi connectivity index (χ0v) is 15.4. The lowest BCUT2D eigenvalue weighted by atomic mass is 9.87. The molecule has 24 heavy (non-hydrogen) atoms. The molecular weight excluding hydrogens is 316 g/mol. The maximum absolute atomic E-state index is 5.79. The molecule has 1 heterocycles. The molecule has 0 bridgehead atoms. The molecule has 0 aliphatic heterocycles. The van der Waals surface area contributed by atoms with Crippen molar-refractivity contribution in [2.45, 2.75) is 43.8 Å². The molecule has 2 aromatic carbocycles. The fourth-order valence-corrected chi connectivity index (χ4v) is 3.27. The molecular formula is C20H22N2OS. The summed E-state index contributed by atoms with van der Waals surface area (Å²) >= 11 is 1.74. The first-order valence-corrected chi connectivity index (χ1v) is 9.04. The Bertz CT molecular complexity index is 819. The third-order valence-electron chi connectivity index (χ3n) is 3.89. The van der Waals surface area contributed by atoms with Gasteiger partial charge in [0.15, 0.2) is 0 Å². The van der Waals surface area contributed by atoms with Crippen molar-refractivity contribution in [3.05, 3.63) is 65.5 Å². The minimum Gasteiger partial charge on any atom is -0.420 e. The molecule has 0 aliphatic rings. The van der Waals surface area contributed by atoms with E-state index in [-0.39, 0.29) is 5.41 Å². The number of aromatic nitrogens is 2. The number of aryl methyl sites for hydroxylation is 1. The molecule has 0 amide bonds. The van der Waals surface area contributed by atoms with Gasteiger partial charge in [0.1, 0.15) is 0 Å². The molecule has 0 fully saturated rings. The van der Waals surface area contributed by atoms with Gasteiger partial charge in [0.2, 0.25) is 11.8 Å². The van der Waals surface area contributed by atoms with Gasteiger partial charge in [0.25, 0.3) is 0 Å². The first-order chi connectivity index (χ1) is 11.4. The van der Waals surface area contributed by atoms with Crippen LogP contribution in [0.3, 0.4) is 0 Å². The van der Waals surface area contributed by atoms with Gasteiger partial charge in [-0.1, -0.05) is 51.1 Å². The highest BCUT2D eigenvalue weighted by molar-refractivity contribution is 7.98. The van der Waals surface area contributed by atoms with Gasteiger partial charge in [0, 0.05) is 10.5 Å². The summed E-state index contributed by atoms with van der Waals surface area (Å²) in [5.74, 6) is 1.90. The van der Waals surface area contributed by atoms with E-state index >= 15 is 0 Å². The van der Waals surface area contributed by atoms with Crippen LogP contribution in [0.1, 0.15) is 37.8 Å². The van der Waals surface area contributed by atoms with Crippen molar-refractivity contribution in [1.29, 1.82) is 0 Å². The maximum Gasteiger partial charge on any atom is 0.247 e. The Hall–Kier alpha value is -2.07. The Morgan fingerprint density at radius 1 is 1.00 bits per heavy atom. The maximum atomic E-state index is 5.79. The molecule has 0 saturated carbocycles. The second-order valence-electron chi connectivity index (χ2n) is 6.89. The summed E-state index contributed by atoms with van der Waals surface area (Å²) in [6.07, 6.45) is 0. The quantitative estimate of drug-likeness (QED) is 0.577. The highest BCUT2D eigenvalue weighted by atomic mass is 32.2. The van der Waals surface area contributed by atoms with Crippen molar-refractivity contribution in [2.24, 2.45) is 0 Å². The summed E-state index contributed by atoms with van der Waals surface area (Å²) in [7, 11) is 0. The van der Waals surface area contributed by atoms with Gasteiger partial charge in [0.05, 0.1) is 5.75 Å². The average Bonchev–Trinajstić information content (AvgIpc) is 3.03. The van der Waals surface area contributed by atoms with Crippen molar-refractivity contribution >= 4 is 11.8 Å². The molecule has 3 nitrogen and oxygen atoms in total. The van der Waals surface area contributed by atoms with Crippen LogP contribution >= 0.6 is 11.8 Å². The van der Waals surface area contributed by atoms with Gasteiger partial charge >= 0.3 is 0 Å². The predicted molar refractivity (Wildman–Crippen MR) is 99.2 cm³/mol. The standard InChI is InChI=1S/C20H22N2OS/c1-14-10-11-16(20(2,3)4)12-17(14)24-13-18-21-22-19(23-18)15-8-6-5-7-9-15/h5-12H,13H2,1-4H3. The lowest BCUT2D eigenvalue weighted by Gasteiger charge is -2.20. The van der Waals surface area contributed by atoms with Crippen molar-refractivity contribution in [3.8, 4) is 11.5 Å². The third kappa shape index (κ3) is 3.88. The smallest absolute Gasteiger partial charge is 0.247 e. The van der Waals surface area contributed by atoms with E-state index in [1.807, 2.05) is 30.3 Å². The molecule has 0 spiro atoms. The van der Waals surface area contributed by atoms with Crippen molar-refractivity contribution in [2.75, 3.05) is 0 Å². The highest BCUT2D eigenvalue weighted by Gasteiger charge is 2.15. The summed E-state index contributed by atoms with van der Waals surface area (Å²) in [6.45, 7) is 8.83. The van der Waals surface area contributed by atoms with Gasteiger partial charge in [-0.05, 0) is 41.7 Å².